The number of nitrogens with one attached hydrogen (secondary N) is 1. The minimum atomic E-state index is -0.574. The summed E-state index contributed by atoms with van der Waals surface area (Å²) in [6.45, 7) is 11.4. The van der Waals surface area contributed by atoms with Gasteiger partial charge in [0.05, 0.1) is 18.2 Å². The lowest BCUT2D eigenvalue weighted by Crippen LogP contribution is -2.49. The van der Waals surface area contributed by atoms with E-state index in [9.17, 15) is 14.4 Å². The van der Waals surface area contributed by atoms with Gasteiger partial charge in [0.15, 0.2) is 0 Å². The molecule has 0 aromatic heterocycles. The Morgan fingerprint density at radius 1 is 1.15 bits per heavy atom. The second kappa shape index (κ2) is 11.5. The standard InChI is InChI=1S/C26H38N4O4/c1-6-34-25(32)23-21(17-29-12-9-13-30(15-14-29)22(31)16-18(2)3)28(5)26(33)27-24(23)20-11-8-7-10-19(20)4/h7-8,10-11,18,24H,6,9,12-17H2,1-5H3,(H,27,33)/t24-/m1/s1. The maximum absolute atomic E-state index is 13.2. The first-order valence-electron chi connectivity index (χ1n) is 12.2. The molecule has 0 radical (unpaired) electrons. The third kappa shape index (κ3) is 5.97. The monoisotopic (exact) mass is 470 g/mol. The van der Waals surface area contributed by atoms with E-state index >= 15 is 0 Å². The molecular weight excluding hydrogens is 432 g/mol. The Kier molecular flexibility index (Phi) is 8.72. The number of likely N-dealkylation sites (N-methyl/N-ethyl adjacent to an activating group) is 1. The highest BCUT2D eigenvalue weighted by atomic mass is 16.5. The van der Waals surface area contributed by atoms with Gasteiger partial charge in [0, 0.05) is 51.9 Å². The summed E-state index contributed by atoms with van der Waals surface area (Å²) in [5, 5.41) is 2.99. The maximum atomic E-state index is 13.2. The van der Waals surface area contributed by atoms with Crippen molar-refractivity contribution in [2.45, 2.75) is 46.6 Å². The van der Waals surface area contributed by atoms with Crippen molar-refractivity contribution in [3.8, 4) is 0 Å². The normalized spacial score (nSPS) is 19.8. The van der Waals surface area contributed by atoms with E-state index in [1.54, 1.807) is 14.0 Å². The van der Waals surface area contributed by atoms with Crippen LogP contribution in [0, 0.1) is 12.8 Å². The molecule has 0 saturated carbocycles. The summed E-state index contributed by atoms with van der Waals surface area (Å²) in [7, 11) is 1.69. The van der Waals surface area contributed by atoms with E-state index in [4.69, 9.17) is 4.74 Å². The van der Waals surface area contributed by atoms with Crippen molar-refractivity contribution in [2.75, 3.05) is 46.4 Å². The fourth-order valence-corrected chi connectivity index (χ4v) is 4.61. The molecule has 2 aliphatic rings. The van der Waals surface area contributed by atoms with E-state index in [0.29, 0.717) is 43.2 Å². The van der Waals surface area contributed by atoms with Gasteiger partial charge in [-0.05, 0) is 37.3 Å². The zero-order chi connectivity index (χ0) is 24.8. The largest absolute Gasteiger partial charge is 0.463 e. The van der Waals surface area contributed by atoms with E-state index in [1.165, 1.54) is 4.90 Å². The number of aryl methyl sites for hydroxylation is 1. The second-order valence-electron chi connectivity index (χ2n) is 9.49. The van der Waals surface area contributed by atoms with Crippen LogP contribution in [-0.2, 0) is 14.3 Å². The predicted molar refractivity (Wildman–Crippen MR) is 131 cm³/mol. The van der Waals surface area contributed by atoms with Gasteiger partial charge in [-0.15, -0.1) is 0 Å². The number of hydrogen-bond acceptors (Lipinski definition) is 5. The van der Waals surface area contributed by atoms with Crippen molar-refractivity contribution in [1.82, 2.24) is 20.0 Å². The second-order valence-corrected chi connectivity index (χ2v) is 9.49. The smallest absolute Gasteiger partial charge is 0.338 e. The molecular formula is C26H38N4O4. The first-order chi connectivity index (χ1) is 16.2. The molecule has 1 atom stereocenters. The number of amides is 3. The van der Waals surface area contributed by atoms with E-state index in [1.807, 2.05) is 36.1 Å². The molecule has 2 aliphatic heterocycles. The zero-order valence-electron chi connectivity index (χ0n) is 21.1. The predicted octanol–water partition coefficient (Wildman–Crippen LogP) is 3.09. The number of esters is 1. The molecule has 0 spiro atoms. The van der Waals surface area contributed by atoms with Gasteiger partial charge in [-0.25, -0.2) is 9.59 Å². The average Bonchev–Trinajstić information content (AvgIpc) is 3.02. The van der Waals surface area contributed by atoms with Gasteiger partial charge in [0.1, 0.15) is 0 Å². The van der Waals surface area contributed by atoms with Crippen molar-refractivity contribution in [1.29, 1.82) is 0 Å². The van der Waals surface area contributed by atoms with Crippen LogP contribution in [0.1, 0.15) is 50.8 Å². The van der Waals surface area contributed by atoms with Crippen molar-refractivity contribution < 1.29 is 19.1 Å². The summed E-state index contributed by atoms with van der Waals surface area (Å²) < 4.78 is 5.44. The van der Waals surface area contributed by atoms with Crippen molar-refractivity contribution in [2.24, 2.45) is 5.92 Å². The molecule has 1 aromatic carbocycles. The number of carbonyl (C=O) groups excluding carboxylic acids is 3. The van der Waals surface area contributed by atoms with Gasteiger partial charge < -0.3 is 15.0 Å². The minimum absolute atomic E-state index is 0.192. The van der Waals surface area contributed by atoms with E-state index in [-0.39, 0.29) is 18.5 Å². The van der Waals surface area contributed by atoms with Gasteiger partial charge in [-0.2, -0.15) is 0 Å². The molecule has 8 nitrogen and oxygen atoms in total. The lowest BCUT2D eigenvalue weighted by Gasteiger charge is -2.37. The molecule has 0 unspecified atom stereocenters. The Bertz CT molecular complexity index is 942. The van der Waals surface area contributed by atoms with Crippen LogP contribution in [0.25, 0.3) is 0 Å². The minimum Gasteiger partial charge on any atom is -0.463 e. The molecule has 1 fully saturated rings. The zero-order valence-corrected chi connectivity index (χ0v) is 21.1. The quantitative estimate of drug-likeness (QED) is 0.620. The molecule has 1 N–H and O–H groups in total. The first kappa shape index (κ1) is 25.7. The molecule has 186 valence electrons. The lowest BCUT2D eigenvalue weighted by molar-refractivity contribution is -0.139. The van der Waals surface area contributed by atoms with E-state index in [2.05, 4.69) is 24.1 Å². The van der Waals surface area contributed by atoms with Crippen LogP contribution in [0.15, 0.2) is 35.5 Å². The van der Waals surface area contributed by atoms with Crippen LogP contribution < -0.4 is 5.32 Å². The Labute approximate surface area is 202 Å². The van der Waals surface area contributed by atoms with Crippen LogP contribution >= 0.6 is 0 Å². The van der Waals surface area contributed by atoms with Gasteiger partial charge in [-0.1, -0.05) is 38.1 Å². The molecule has 2 heterocycles. The molecule has 34 heavy (non-hydrogen) atoms. The fraction of sp³-hybridized carbons (Fsp3) is 0.577. The summed E-state index contributed by atoms with van der Waals surface area (Å²) in [4.78, 5) is 44.4. The highest BCUT2D eigenvalue weighted by molar-refractivity contribution is 5.95. The third-order valence-electron chi connectivity index (χ3n) is 6.47. The van der Waals surface area contributed by atoms with Crippen LogP contribution in [0.4, 0.5) is 4.79 Å². The van der Waals surface area contributed by atoms with Crippen molar-refractivity contribution in [3.05, 3.63) is 46.7 Å². The molecule has 3 amide bonds. The lowest BCUT2D eigenvalue weighted by atomic mass is 9.91. The van der Waals surface area contributed by atoms with Crippen LogP contribution in [0.2, 0.25) is 0 Å². The van der Waals surface area contributed by atoms with Gasteiger partial charge in [-0.3, -0.25) is 14.6 Å². The number of urea groups is 1. The van der Waals surface area contributed by atoms with Gasteiger partial charge >= 0.3 is 12.0 Å². The molecule has 1 saturated heterocycles. The number of benzene rings is 1. The highest BCUT2D eigenvalue weighted by Gasteiger charge is 2.38. The van der Waals surface area contributed by atoms with Crippen molar-refractivity contribution in [3.63, 3.8) is 0 Å². The molecule has 3 rings (SSSR count). The van der Waals surface area contributed by atoms with Gasteiger partial charge in [0.25, 0.3) is 0 Å². The number of hydrogen-bond donors (Lipinski definition) is 1. The Morgan fingerprint density at radius 3 is 2.56 bits per heavy atom. The summed E-state index contributed by atoms with van der Waals surface area (Å²) in [5.74, 6) is 0.107. The number of rotatable bonds is 7. The SMILES string of the molecule is CCOC(=O)C1=C(CN2CCCN(C(=O)CC(C)C)CC2)N(C)C(=O)N[C@@H]1c1ccccc1C. The fourth-order valence-electron chi connectivity index (χ4n) is 4.61. The van der Waals surface area contributed by atoms with Crippen molar-refractivity contribution >= 4 is 17.9 Å². The molecule has 8 heteroatoms. The van der Waals surface area contributed by atoms with Crippen LogP contribution in [-0.4, -0.2) is 79.0 Å². The number of nitrogens with zero attached hydrogens (tertiary/aromatic N) is 3. The Hall–Kier alpha value is -2.87. The Balaban J connectivity index is 1.91. The highest BCUT2D eigenvalue weighted by Crippen LogP contribution is 2.33. The Morgan fingerprint density at radius 2 is 1.88 bits per heavy atom. The van der Waals surface area contributed by atoms with E-state index in [0.717, 1.165) is 30.6 Å². The first-order valence-corrected chi connectivity index (χ1v) is 12.2. The molecule has 0 bridgehead atoms. The average molecular weight is 471 g/mol. The summed E-state index contributed by atoms with van der Waals surface area (Å²) in [5.41, 5.74) is 2.99. The summed E-state index contributed by atoms with van der Waals surface area (Å²) >= 11 is 0. The van der Waals surface area contributed by atoms with Gasteiger partial charge in [0.2, 0.25) is 5.91 Å². The third-order valence-corrected chi connectivity index (χ3v) is 6.47. The summed E-state index contributed by atoms with van der Waals surface area (Å²) in [6.07, 6.45) is 1.40. The maximum Gasteiger partial charge on any atom is 0.338 e. The molecule has 0 aliphatic carbocycles. The number of carbonyl (C=O) groups is 3. The molecule has 1 aromatic rings. The summed E-state index contributed by atoms with van der Waals surface area (Å²) in [6, 6.07) is 6.93. The topological polar surface area (TPSA) is 82.2 Å². The van der Waals surface area contributed by atoms with E-state index < -0.39 is 12.0 Å². The van der Waals surface area contributed by atoms with Crippen LogP contribution in [0.5, 0.6) is 0 Å². The van der Waals surface area contributed by atoms with Crippen LogP contribution in [0.3, 0.4) is 0 Å². The number of ether oxygens (including phenoxy) is 1.